The smallest absolute Gasteiger partial charge is 0.329 e. The summed E-state index contributed by atoms with van der Waals surface area (Å²) in [6.07, 6.45) is -0.311. The first-order valence-electron chi connectivity index (χ1n) is 11.9. The molecule has 1 aliphatic heterocycles. The van der Waals surface area contributed by atoms with Crippen LogP contribution in [0.4, 0.5) is 0 Å². The minimum atomic E-state index is -0.853. The zero-order chi connectivity index (χ0) is 24.6. The molecule has 3 aromatic carbocycles. The lowest BCUT2D eigenvalue weighted by molar-refractivity contribution is -0.151. The van der Waals surface area contributed by atoms with Crippen molar-refractivity contribution in [3.05, 3.63) is 108 Å². The second-order valence-electron chi connectivity index (χ2n) is 8.92. The highest BCUT2D eigenvalue weighted by molar-refractivity contribution is 5.99. The van der Waals surface area contributed by atoms with Gasteiger partial charge in [0.05, 0.1) is 0 Å². The molecule has 1 heterocycles. The SMILES string of the molecule is CC(C)[C@H](NC(=O)[C@H]1OC(c2ccccc2)=N[C@@H]1Cc1ccccc1)C(=O)OCc1ccccc1. The van der Waals surface area contributed by atoms with Crippen LogP contribution in [0.25, 0.3) is 0 Å². The third-order valence-electron chi connectivity index (χ3n) is 5.88. The van der Waals surface area contributed by atoms with Crippen molar-refractivity contribution in [1.29, 1.82) is 0 Å². The van der Waals surface area contributed by atoms with Gasteiger partial charge in [0.1, 0.15) is 18.7 Å². The molecule has 6 heteroatoms. The maximum Gasteiger partial charge on any atom is 0.329 e. The van der Waals surface area contributed by atoms with Gasteiger partial charge in [-0.3, -0.25) is 4.79 Å². The zero-order valence-electron chi connectivity index (χ0n) is 20.0. The van der Waals surface area contributed by atoms with Gasteiger partial charge in [-0.25, -0.2) is 9.79 Å². The Hall–Kier alpha value is -3.93. The Morgan fingerprint density at radius 3 is 2.06 bits per heavy atom. The lowest BCUT2D eigenvalue weighted by Gasteiger charge is -2.24. The number of benzene rings is 3. The van der Waals surface area contributed by atoms with Crippen LogP contribution in [0.15, 0.2) is 96.0 Å². The van der Waals surface area contributed by atoms with Crippen LogP contribution in [-0.4, -0.2) is 36.0 Å². The highest BCUT2D eigenvalue weighted by Crippen LogP contribution is 2.23. The Balaban J connectivity index is 1.48. The lowest BCUT2D eigenvalue weighted by atomic mass is 10.00. The van der Waals surface area contributed by atoms with E-state index in [1.54, 1.807) is 0 Å². The minimum absolute atomic E-state index is 0.149. The van der Waals surface area contributed by atoms with Gasteiger partial charge in [0.2, 0.25) is 12.0 Å². The van der Waals surface area contributed by atoms with Gasteiger partial charge in [-0.1, -0.05) is 92.7 Å². The third-order valence-corrected chi connectivity index (χ3v) is 5.88. The number of ether oxygens (including phenoxy) is 2. The van der Waals surface area contributed by atoms with Gasteiger partial charge in [-0.2, -0.15) is 0 Å². The molecule has 1 amide bonds. The fraction of sp³-hybridized carbons (Fsp3) is 0.276. The summed E-state index contributed by atoms with van der Waals surface area (Å²) < 4.78 is 11.6. The van der Waals surface area contributed by atoms with Gasteiger partial charge in [0.25, 0.3) is 5.91 Å². The fourth-order valence-electron chi connectivity index (χ4n) is 3.96. The largest absolute Gasteiger partial charge is 0.462 e. The van der Waals surface area contributed by atoms with Crippen molar-refractivity contribution in [1.82, 2.24) is 5.32 Å². The molecule has 0 unspecified atom stereocenters. The van der Waals surface area contributed by atoms with E-state index in [1.807, 2.05) is 105 Å². The molecule has 0 spiro atoms. The number of nitrogens with one attached hydrogen (secondary N) is 1. The highest BCUT2D eigenvalue weighted by Gasteiger charge is 2.39. The molecule has 3 atom stereocenters. The van der Waals surface area contributed by atoms with Gasteiger partial charge in [-0.15, -0.1) is 0 Å². The van der Waals surface area contributed by atoms with Gasteiger partial charge < -0.3 is 14.8 Å². The van der Waals surface area contributed by atoms with Crippen molar-refractivity contribution in [2.75, 3.05) is 0 Å². The van der Waals surface area contributed by atoms with Crippen LogP contribution in [0.3, 0.4) is 0 Å². The molecule has 6 nitrogen and oxygen atoms in total. The maximum absolute atomic E-state index is 13.4. The van der Waals surface area contributed by atoms with Crippen molar-refractivity contribution in [2.24, 2.45) is 10.9 Å². The first-order valence-corrected chi connectivity index (χ1v) is 11.9. The first-order chi connectivity index (χ1) is 17.0. The predicted molar refractivity (Wildman–Crippen MR) is 135 cm³/mol. The number of esters is 1. The number of carbonyl (C=O) groups excluding carboxylic acids is 2. The summed E-state index contributed by atoms with van der Waals surface area (Å²) in [5, 5.41) is 2.87. The molecule has 0 fully saturated rings. The molecule has 180 valence electrons. The van der Waals surface area contributed by atoms with Crippen LogP contribution < -0.4 is 5.32 Å². The van der Waals surface area contributed by atoms with Crippen molar-refractivity contribution < 1.29 is 19.1 Å². The molecule has 0 aliphatic carbocycles. The molecule has 0 aromatic heterocycles. The van der Waals surface area contributed by atoms with E-state index in [0.717, 1.165) is 16.7 Å². The maximum atomic E-state index is 13.4. The number of amides is 1. The van der Waals surface area contributed by atoms with Crippen molar-refractivity contribution in [3.63, 3.8) is 0 Å². The van der Waals surface area contributed by atoms with E-state index < -0.39 is 24.2 Å². The van der Waals surface area contributed by atoms with E-state index in [-0.39, 0.29) is 18.4 Å². The van der Waals surface area contributed by atoms with Crippen molar-refractivity contribution >= 4 is 17.8 Å². The van der Waals surface area contributed by atoms with E-state index in [4.69, 9.17) is 14.5 Å². The van der Waals surface area contributed by atoms with E-state index in [2.05, 4.69) is 5.32 Å². The van der Waals surface area contributed by atoms with Crippen LogP contribution in [-0.2, 0) is 32.1 Å². The summed E-state index contributed by atoms with van der Waals surface area (Å²) in [6.45, 7) is 3.89. The van der Waals surface area contributed by atoms with Gasteiger partial charge in [-0.05, 0) is 35.6 Å². The van der Waals surface area contributed by atoms with Crippen LogP contribution in [0.2, 0.25) is 0 Å². The van der Waals surface area contributed by atoms with Crippen molar-refractivity contribution in [3.8, 4) is 0 Å². The molecule has 0 bridgehead atoms. The van der Waals surface area contributed by atoms with Crippen LogP contribution in [0.5, 0.6) is 0 Å². The molecule has 0 saturated heterocycles. The Morgan fingerprint density at radius 1 is 0.886 bits per heavy atom. The zero-order valence-corrected chi connectivity index (χ0v) is 20.0. The molecule has 1 aliphatic rings. The van der Waals surface area contributed by atoms with Crippen LogP contribution in [0.1, 0.15) is 30.5 Å². The van der Waals surface area contributed by atoms with Crippen LogP contribution in [0, 0.1) is 5.92 Å². The Morgan fingerprint density at radius 2 is 1.46 bits per heavy atom. The standard InChI is InChI=1S/C29H30N2O4/c1-20(2)25(29(33)34-19-22-14-8-4-9-15-22)31-27(32)26-24(18-21-12-6-3-7-13-21)30-28(35-26)23-16-10-5-11-17-23/h3-17,20,24-26H,18-19H2,1-2H3,(H,31,32)/t24-,25+,26+/m1/s1. The number of carbonyl (C=O) groups is 2. The summed E-state index contributed by atoms with van der Waals surface area (Å²) in [6, 6.07) is 27.6. The Labute approximate surface area is 206 Å². The second-order valence-corrected chi connectivity index (χ2v) is 8.92. The summed E-state index contributed by atoms with van der Waals surface area (Å²) in [5.41, 5.74) is 2.75. The number of rotatable bonds is 9. The summed E-state index contributed by atoms with van der Waals surface area (Å²) in [5.74, 6) is -0.583. The predicted octanol–water partition coefficient (Wildman–Crippen LogP) is 4.33. The quantitative estimate of drug-likeness (QED) is 0.473. The number of hydrogen-bond donors (Lipinski definition) is 1. The molecule has 0 saturated carbocycles. The monoisotopic (exact) mass is 470 g/mol. The van der Waals surface area contributed by atoms with Gasteiger partial charge in [0, 0.05) is 5.56 Å². The fourth-order valence-corrected chi connectivity index (χ4v) is 3.96. The van der Waals surface area contributed by atoms with E-state index in [9.17, 15) is 9.59 Å². The number of aliphatic imine (C=N–C) groups is 1. The molecule has 1 N–H and O–H groups in total. The molecule has 3 aromatic rings. The average molecular weight is 471 g/mol. The summed E-state index contributed by atoms with van der Waals surface area (Å²) >= 11 is 0. The molecular formula is C29H30N2O4. The lowest BCUT2D eigenvalue weighted by Crippen LogP contribution is -2.51. The Bertz CT molecular complexity index is 1150. The second kappa shape index (κ2) is 11.5. The van der Waals surface area contributed by atoms with Crippen molar-refractivity contribution in [2.45, 2.75) is 45.1 Å². The van der Waals surface area contributed by atoms with Gasteiger partial charge in [0.15, 0.2) is 0 Å². The third kappa shape index (κ3) is 6.35. The number of nitrogens with zero attached hydrogens (tertiary/aromatic N) is 1. The van der Waals surface area contributed by atoms with E-state index in [0.29, 0.717) is 12.3 Å². The average Bonchev–Trinajstić information content (AvgIpc) is 3.31. The molecular weight excluding hydrogens is 440 g/mol. The van der Waals surface area contributed by atoms with E-state index >= 15 is 0 Å². The Kier molecular flexibility index (Phi) is 7.93. The van der Waals surface area contributed by atoms with Crippen LogP contribution >= 0.6 is 0 Å². The summed E-state index contributed by atoms with van der Waals surface area (Å²) in [7, 11) is 0. The highest BCUT2D eigenvalue weighted by atomic mass is 16.5. The molecule has 0 radical (unpaired) electrons. The minimum Gasteiger partial charge on any atom is -0.462 e. The number of hydrogen-bond acceptors (Lipinski definition) is 5. The topological polar surface area (TPSA) is 77.0 Å². The molecule has 35 heavy (non-hydrogen) atoms. The van der Waals surface area contributed by atoms with Gasteiger partial charge >= 0.3 is 5.97 Å². The normalized spacial score (nSPS) is 17.9. The van der Waals surface area contributed by atoms with E-state index in [1.165, 1.54) is 0 Å². The first kappa shape index (κ1) is 24.2. The molecule has 4 rings (SSSR count). The summed E-state index contributed by atoms with van der Waals surface area (Å²) in [4.78, 5) is 31.0.